The van der Waals surface area contributed by atoms with Gasteiger partial charge in [0.05, 0.1) is 6.10 Å². The second-order valence-electron chi connectivity index (χ2n) is 9.36. The molecule has 0 radical (unpaired) electrons. The number of oxime groups is 1. The molecule has 4 N–H and O–H groups in total. The lowest BCUT2D eigenvalue weighted by atomic mass is 9.83. The van der Waals surface area contributed by atoms with Gasteiger partial charge in [0.25, 0.3) is 5.91 Å². The molecule has 8 heteroatoms. The Kier molecular flexibility index (Phi) is 8.09. The molecule has 3 atom stereocenters. The van der Waals surface area contributed by atoms with Crippen LogP contribution in [0.3, 0.4) is 0 Å². The highest BCUT2D eigenvalue weighted by molar-refractivity contribution is 5.96. The third-order valence-corrected chi connectivity index (χ3v) is 5.41. The highest BCUT2D eigenvalue weighted by Crippen LogP contribution is 2.27. The van der Waals surface area contributed by atoms with Gasteiger partial charge in [-0.25, -0.2) is 0 Å². The summed E-state index contributed by atoms with van der Waals surface area (Å²) in [4.78, 5) is 21.1. The maximum absolute atomic E-state index is 12.4. The van der Waals surface area contributed by atoms with Crippen LogP contribution in [0.2, 0.25) is 0 Å². The van der Waals surface area contributed by atoms with Gasteiger partial charge in [0.2, 0.25) is 0 Å². The highest BCUT2D eigenvalue weighted by atomic mass is 16.6. The lowest BCUT2D eigenvalue weighted by Crippen LogP contribution is -2.46. The molecule has 0 saturated heterocycles. The van der Waals surface area contributed by atoms with E-state index in [1.54, 1.807) is 6.07 Å². The third kappa shape index (κ3) is 6.22. The molecule has 3 aromatic rings. The largest absolute Gasteiger partial charge is 0.390 e. The number of anilines is 1. The molecule has 0 aliphatic heterocycles. The number of hydrogen-bond acceptors (Lipinski definition) is 6. The summed E-state index contributed by atoms with van der Waals surface area (Å²) in [5.74, 6) is -0.405. The van der Waals surface area contributed by atoms with E-state index >= 15 is 0 Å². The minimum absolute atomic E-state index is 0.125. The molecule has 0 fully saturated rings. The Hall–Kier alpha value is -3.20. The number of nitrogens with zero attached hydrogens (tertiary/aromatic N) is 1. The number of aromatic amines is 1. The molecule has 0 saturated carbocycles. The molecule has 0 unspecified atom stereocenters. The highest BCUT2D eigenvalue weighted by Gasteiger charge is 2.35. The van der Waals surface area contributed by atoms with Crippen LogP contribution in [-0.4, -0.2) is 58.8 Å². The summed E-state index contributed by atoms with van der Waals surface area (Å²) < 4.78 is 5.49. The van der Waals surface area contributed by atoms with E-state index in [4.69, 9.17) is 9.57 Å². The first-order valence-corrected chi connectivity index (χ1v) is 11.2. The fourth-order valence-electron chi connectivity index (χ4n) is 3.77. The van der Waals surface area contributed by atoms with E-state index in [1.807, 2.05) is 69.3 Å². The second-order valence-corrected chi connectivity index (χ2v) is 9.36. The Morgan fingerprint density at radius 2 is 1.82 bits per heavy atom. The fraction of sp³-hybridized carbons (Fsp3) is 0.385. The molecule has 1 amide bonds. The van der Waals surface area contributed by atoms with Gasteiger partial charge in [-0.3, -0.25) is 4.79 Å². The van der Waals surface area contributed by atoms with E-state index < -0.39 is 29.6 Å². The minimum Gasteiger partial charge on any atom is -0.390 e. The Morgan fingerprint density at radius 1 is 1.12 bits per heavy atom. The van der Waals surface area contributed by atoms with E-state index in [2.05, 4.69) is 15.5 Å². The number of ether oxygens (including phenoxy) is 1. The van der Waals surface area contributed by atoms with Gasteiger partial charge in [0.15, 0.2) is 6.61 Å². The number of rotatable bonds is 9. The van der Waals surface area contributed by atoms with Crippen LogP contribution in [0.15, 0.2) is 59.8 Å². The minimum atomic E-state index is -1.29. The molecule has 3 rings (SSSR count). The molecule has 0 aliphatic rings. The Morgan fingerprint density at radius 3 is 2.44 bits per heavy atom. The zero-order chi connectivity index (χ0) is 24.9. The quantitative estimate of drug-likeness (QED) is 0.281. The first-order valence-electron chi connectivity index (χ1n) is 11.2. The van der Waals surface area contributed by atoms with Gasteiger partial charge in [0, 0.05) is 29.4 Å². The number of aliphatic hydroxyl groups excluding tert-OH is 2. The van der Waals surface area contributed by atoms with Crippen molar-refractivity contribution in [2.24, 2.45) is 10.6 Å². The average Bonchev–Trinajstić information content (AvgIpc) is 3.21. The summed E-state index contributed by atoms with van der Waals surface area (Å²) in [6, 6.07) is 17.6. The number of methoxy groups -OCH3 is 1. The SMILES string of the molecule is CO[C@H](/C(=N/OCC(=O)Nc1ccc2[nH]c(-c3ccccc3)cc2c1)[C@@H](O)[C@@H](C)O)C(C)(C)C. The summed E-state index contributed by atoms with van der Waals surface area (Å²) in [5, 5.41) is 28.0. The number of hydrogen-bond donors (Lipinski definition) is 4. The van der Waals surface area contributed by atoms with Gasteiger partial charge in [-0.15, -0.1) is 0 Å². The molecule has 8 nitrogen and oxygen atoms in total. The normalized spacial score (nSPS) is 15.1. The molecular formula is C26H33N3O5. The van der Waals surface area contributed by atoms with Crippen LogP contribution in [0.1, 0.15) is 27.7 Å². The van der Waals surface area contributed by atoms with Gasteiger partial charge in [-0.1, -0.05) is 56.3 Å². The van der Waals surface area contributed by atoms with Crippen LogP contribution in [0.25, 0.3) is 22.2 Å². The molecule has 2 aromatic carbocycles. The molecule has 182 valence electrons. The van der Waals surface area contributed by atoms with Crippen molar-refractivity contribution in [2.45, 2.75) is 46.0 Å². The number of H-pyrrole nitrogens is 1. The fourth-order valence-corrected chi connectivity index (χ4v) is 3.77. The van der Waals surface area contributed by atoms with Crippen LogP contribution in [0, 0.1) is 5.41 Å². The van der Waals surface area contributed by atoms with E-state index in [1.165, 1.54) is 14.0 Å². The van der Waals surface area contributed by atoms with E-state index in [-0.39, 0.29) is 12.3 Å². The van der Waals surface area contributed by atoms with Crippen molar-refractivity contribution in [3.63, 3.8) is 0 Å². The lowest BCUT2D eigenvalue weighted by Gasteiger charge is -2.32. The van der Waals surface area contributed by atoms with Crippen molar-refractivity contribution in [3.8, 4) is 11.3 Å². The summed E-state index contributed by atoms with van der Waals surface area (Å²) in [6.45, 7) is 6.83. The van der Waals surface area contributed by atoms with Crippen LogP contribution in [0.4, 0.5) is 5.69 Å². The molecule has 1 aromatic heterocycles. The van der Waals surface area contributed by atoms with E-state index in [0.29, 0.717) is 5.69 Å². The Balaban J connectivity index is 1.68. The number of carbonyl (C=O) groups excluding carboxylic acids is 1. The molecule has 34 heavy (non-hydrogen) atoms. The van der Waals surface area contributed by atoms with Crippen molar-refractivity contribution in [2.75, 3.05) is 19.0 Å². The maximum Gasteiger partial charge on any atom is 0.265 e. The van der Waals surface area contributed by atoms with Crippen LogP contribution in [-0.2, 0) is 14.4 Å². The van der Waals surface area contributed by atoms with Gasteiger partial charge < -0.3 is 30.1 Å². The second kappa shape index (κ2) is 10.8. The topological polar surface area (TPSA) is 116 Å². The lowest BCUT2D eigenvalue weighted by molar-refractivity contribution is -0.120. The molecule has 0 aliphatic carbocycles. The van der Waals surface area contributed by atoms with Crippen LogP contribution < -0.4 is 5.32 Å². The summed E-state index contributed by atoms with van der Waals surface area (Å²) >= 11 is 0. The number of aromatic nitrogens is 1. The van der Waals surface area contributed by atoms with Crippen molar-refractivity contribution in [3.05, 3.63) is 54.6 Å². The van der Waals surface area contributed by atoms with Crippen LogP contribution in [0.5, 0.6) is 0 Å². The van der Waals surface area contributed by atoms with E-state index in [9.17, 15) is 15.0 Å². The number of amides is 1. The van der Waals surface area contributed by atoms with Crippen molar-refractivity contribution in [1.29, 1.82) is 0 Å². The smallest absolute Gasteiger partial charge is 0.265 e. The van der Waals surface area contributed by atoms with Gasteiger partial charge >= 0.3 is 0 Å². The monoisotopic (exact) mass is 467 g/mol. The van der Waals surface area contributed by atoms with Crippen molar-refractivity contribution >= 4 is 28.2 Å². The molecule has 0 bridgehead atoms. The number of fused-ring (bicyclic) bond motifs is 1. The number of aliphatic hydroxyl groups is 2. The first-order chi connectivity index (χ1) is 16.1. The summed E-state index contributed by atoms with van der Waals surface area (Å²) in [5.41, 5.74) is 3.36. The molecular weight excluding hydrogens is 434 g/mol. The zero-order valence-electron chi connectivity index (χ0n) is 20.2. The predicted octanol–water partition coefficient (Wildman–Crippen LogP) is 3.95. The predicted molar refractivity (Wildman–Crippen MR) is 134 cm³/mol. The van der Waals surface area contributed by atoms with Crippen LogP contribution >= 0.6 is 0 Å². The van der Waals surface area contributed by atoms with Crippen molar-refractivity contribution in [1.82, 2.24) is 4.98 Å². The van der Waals surface area contributed by atoms with Gasteiger partial charge in [-0.05, 0) is 42.2 Å². The van der Waals surface area contributed by atoms with Gasteiger partial charge in [-0.2, -0.15) is 0 Å². The third-order valence-electron chi connectivity index (χ3n) is 5.41. The summed E-state index contributed by atoms with van der Waals surface area (Å²) in [7, 11) is 1.49. The van der Waals surface area contributed by atoms with Gasteiger partial charge in [0.1, 0.15) is 17.9 Å². The number of benzene rings is 2. The number of carbonyl (C=O) groups is 1. The number of nitrogens with one attached hydrogen (secondary N) is 2. The van der Waals surface area contributed by atoms with Crippen molar-refractivity contribution < 1.29 is 24.6 Å². The Labute approximate surface area is 199 Å². The molecule has 1 heterocycles. The average molecular weight is 468 g/mol. The summed E-state index contributed by atoms with van der Waals surface area (Å²) in [6.07, 6.45) is -2.98. The Bertz CT molecular complexity index is 1130. The standard InChI is InChI=1S/C26H33N3O5/c1-16(30)24(32)23(25(33-5)26(2,3)4)29-34-15-22(31)27-19-11-12-20-18(13-19)14-21(28-20)17-9-7-6-8-10-17/h6-14,16,24-25,28,30,32H,15H2,1-5H3,(H,27,31)/b29-23+/t16-,24+,25-/m1/s1. The first kappa shape index (κ1) is 25.4. The zero-order valence-corrected chi connectivity index (χ0v) is 20.2. The van der Waals surface area contributed by atoms with E-state index in [0.717, 1.165) is 22.2 Å². The maximum atomic E-state index is 12.4. The molecule has 0 spiro atoms.